The minimum Gasteiger partial charge on any atom is -0.352 e. The lowest BCUT2D eigenvalue weighted by molar-refractivity contribution is 0.0953. The van der Waals surface area contributed by atoms with Crippen LogP contribution in [0.1, 0.15) is 15.2 Å². The molecule has 1 N–H and O–H groups in total. The van der Waals surface area contributed by atoms with Crippen molar-refractivity contribution in [1.29, 1.82) is 0 Å². The number of benzene rings is 1. The maximum Gasteiger partial charge on any atom is 0.252 e. The molecule has 2 aromatic heterocycles. The predicted molar refractivity (Wildman–Crippen MR) is 96.7 cm³/mol. The van der Waals surface area contributed by atoms with Gasteiger partial charge in [-0.15, -0.1) is 11.3 Å². The molecule has 0 saturated carbocycles. The molecule has 0 bridgehead atoms. The summed E-state index contributed by atoms with van der Waals surface area (Å²) in [6, 6.07) is 11.6. The Morgan fingerprint density at radius 1 is 1.30 bits per heavy atom. The van der Waals surface area contributed by atoms with Crippen LogP contribution in [0.5, 0.6) is 0 Å². The van der Waals surface area contributed by atoms with E-state index in [1.807, 2.05) is 43.7 Å². The second-order valence-corrected chi connectivity index (χ2v) is 7.18. The topological polar surface area (TPSA) is 46.9 Å². The number of nitrogens with one attached hydrogen (secondary N) is 1. The van der Waals surface area contributed by atoms with Crippen molar-refractivity contribution in [2.75, 3.05) is 6.54 Å². The first-order chi connectivity index (χ1) is 11.1. The first-order valence-electron chi connectivity index (χ1n) is 7.24. The molecule has 3 aromatic rings. The molecule has 0 spiro atoms. The van der Waals surface area contributed by atoms with Gasteiger partial charge < -0.3 is 5.32 Å². The van der Waals surface area contributed by atoms with Gasteiger partial charge in [0, 0.05) is 39.6 Å². The molecule has 0 saturated heterocycles. The highest BCUT2D eigenvalue weighted by atomic mass is 79.9. The van der Waals surface area contributed by atoms with Crippen LogP contribution in [0.25, 0.3) is 10.4 Å². The number of aromatic nitrogens is 2. The number of rotatable bonds is 5. The molecule has 118 valence electrons. The third kappa shape index (κ3) is 3.89. The molecule has 2 heterocycles. The molecule has 1 aromatic carbocycles. The zero-order chi connectivity index (χ0) is 16.2. The SMILES string of the molecule is Cn1cc(-c2ccc(CCNC(=O)c3ccccc3Br)s2)cn1. The summed E-state index contributed by atoms with van der Waals surface area (Å²) < 4.78 is 2.61. The molecule has 0 aliphatic heterocycles. The number of thiophene rings is 1. The summed E-state index contributed by atoms with van der Waals surface area (Å²) >= 11 is 5.13. The zero-order valence-corrected chi connectivity index (χ0v) is 15.0. The lowest BCUT2D eigenvalue weighted by Crippen LogP contribution is -2.25. The summed E-state index contributed by atoms with van der Waals surface area (Å²) in [5, 5.41) is 7.15. The third-order valence-electron chi connectivity index (χ3n) is 3.43. The molecule has 0 radical (unpaired) electrons. The van der Waals surface area contributed by atoms with Gasteiger partial charge in [-0.3, -0.25) is 9.48 Å². The van der Waals surface area contributed by atoms with Crippen LogP contribution in [0, 0.1) is 0 Å². The van der Waals surface area contributed by atoms with Crippen molar-refractivity contribution in [3.05, 3.63) is 63.7 Å². The Morgan fingerprint density at radius 3 is 2.87 bits per heavy atom. The minimum atomic E-state index is -0.0542. The Hall–Kier alpha value is -1.92. The molecule has 0 aliphatic carbocycles. The summed E-state index contributed by atoms with van der Waals surface area (Å²) in [6.07, 6.45) is 4.69. The van der Waals surface area contributed by atoms with E-state index in [1.54, 1.807) is 16.0 Å². The highest BCUT2D eigenvalue weighted by Crippen LogP contribution is 2.27. The van der Waals surface area contributed by atoms with Crippen LogP contribution in [0.4, 0.5) is 0 Å². The van der Waals surface area contributed by atoms with Gasteiger partial charge in [0.1, 0.15) is 0 Å². The van der Waals surface area contributed by atoms with Crippen LogP contribution in [0.3, 0.4) is 0 Å². The molecule has 0 fully saturated rings. The predicted octanol–water partition coefficient (Wildman–Crippen LogP) is 3.88. The minimum absolute atomic E-state index is 0.0542. The van der Waals surface area contributed by atoms with Gasteiger partial charge in [-0.25, -0.2) is 0 Å². The number of halogens is 1. The molecule has 1 amide bonds. The average molecular weight is 390 g/mol. The number of nitrogens with zero attached hydrogens (tertiary/aromatic N) is 2. The molecular formula is C17H16BrN3OS. The van der Waals surface area contributed by atoms with Gasteiger partial charge in [-0.05, 0) is 46.6 Å². The van der Waals surface area contributed by atoms with Gasteiger partial charge in [0.15, 0.2) is 0 Å². The third-order valence-corrected chi connectivity index (χ3v) is 5.31. The van der Waals surface area contributed by atoms with E-state index in [0.29, 0.717) is 12.1 Å². The molecular weight excluding hydrogens is 374 g/mol. The van der Waals surface area contributed by atoms with Crippen LogP contribution in [-0.2, 0) is 13.5 Å². The summed E-state index contributed by atoms with van der Waals surface area (Å²) in [5.41, 5.74) is 1.79. The molecule has 23 heavy (non-hydrogen) atoms. The highest BCUT2D eigenvalue weighted by molar-refractivity contribution is 9.10. The lowest BCUT2D eigenvalue weighted by Gasteiger charge is -2.05. The van der Waals surface area contributed by atoms with E-state index in [-0.39, 0.29) is 5.91 Å². The van der Waals surface area contributed by atoms with E-state index in [2.05, 4.69) is 38.5 Å². The summed E-state index contributed by atoms with van der Waals surface area (Å²) in [7, 11) is 1.91. The van der Waals surface area contributed by atoms with Gasteiger partial charge in [-0.1, -0.05) is 12.1 Å². The Bertz CT molecular complexity index is 825. The summed E-state index contributed by atoms with van der Waals surface area (Å²) in [6.45, 7) is 0.618. The maximum atomic E-state index is 12.1. The van der Waals surface area contributed by atoms with E-state index in [0.717, 1.165) is 16.5 Å². The molecule has 0 unspecified atom stereocenters. The van der Waals surface area contributed by atoms with E-state index in [9.17, 15) is 4.79 Å². The number of amides is 1. The Balaban J connectivity index is 1.56. The van der Waals surface area contributed by atoms with Crippen LogP contribution in [0.2, 0.25) is 0 Å². The molecule has 4 nitrogen and oxygen atoms in total. The highest BCUT2D eigenvalue weighted by Gasteiger charge is 2.09. The first-order valence-corrected chi connectivity index (χ1v) is 8.85. The van der Waals surface area contributed by atoms with Crippen molar-refractivity contribution < 1.29 is 4.79 Å². The molecule has 0 aliphatic rings. The molecule has 3 rings (SSSR count). The van der Waals surface area contributed by atoms with Crippen LogP contribution in [-0.4, -0.2) is 22.2 Å². The smallest absolute Gasteiger partial charge is 0.252 e. The summed E-state index contributed by atoms with van der Waals surface area (Å²) in [4.78, 5) is 14.6. The van der Waals surface area contributed by atoms with E-state index < -0.39 is 0 Å². The van der Waals surface area contributed by atoms with Gasteiger partial charge in [0.25, 0.3) is 5.91 Å². The van der Waals surface area contributed by atoms with Crippen molar-refractivity contribution >= 4 is 33.2 Å². The Labute approximate surface area is 147 Å². The van der Waals surface area contributed by atoms with Crippen LogP contribution in [0.15, 0.2) is 53.3 Å². The number of carbonyl (C=O) groups excluding carboxylic acids is 1. The number of hydrogen-bond donors (Lipinski definition) is 1. The fraction of sp³-hybridized carbons (Fsp3) is 0.176. The van der Waals surface area contributed by atoms with Crippen molar-refractivity contribution in [2.45, 2.75) is 6.42 Å². The van der Waals surface area contributed by atoms with E-state index in [4.69, 9.17) is 0 Å². The van der Waals surface area contributed by atoms with Crippen LogP contribution >= 0.6 is 27.3 Å². The quantitative estimate of drug-likeness (QED) is 0.719. The largest absolute Gasteiger partial charge is 0.352 e. The average Bonchev–Trinajstić information content (AvgIpc) is 3.16. The van der Waals surface area contributed by atoms with E-state index >= 15 is 0 Å². The van der Waals surface area contributed by atoms with Crippen molar-refractivity contribution in [2.24, 2.45) is 7.05 Å². The second kappa shape index (κ2) is 7.10. The second-order valence-electron chi connectivity index (χ2n) is 5.15. The number of hydrogen-bond acceptors (Lipinski definition) is 3. The van der Waals surface area contributed by atoms with Gasteiger partial charge in [0.05, 0.1) is 11.8 Å². The van der Waals surface area contributed by atoms with Crippen molar-refractivity contribution in [3.63, 3.8) is 0 Å². The first kappa shape index (κ1) is 16.0. The van der Waals surface area contributed by atoms with Crippen molar-refractivity contribution in [1.82, 2.24) is 15.1 Å². The lowest BCUT2D eigenvalue weighted by atomic mass is 10.2. The number of carbonyl (C=O) groups is 1. The van der Waals surface area contributed by atoms with Crippen molar-refractivity contribution in [3.8, 4) is 10.4 Å². The number of aryl methyl sites for hydroxylation is 1. The molecule has 0 atom stereocenters. The standard InChI is InChI=1S/C17H16BrN3OS/c1-21-11-12(10-20-21)16-7-6-13(23-16)8-9-19-17(22)14-4-2-3-5-15(14)18/h2-7,10-11H,8-9H2,1H3,(H,19,22). The molecule has 6 heteroatoms. The Kier molecular flexibility index (Phi) is 4.93. The van der Waals surface area contributed by atoms with Crippen LogP contribution < -0.4 is 5.32 Å². The fourth-order valence-electron chi connectivity index (χ4n) is 2.26. The van der Waals surface area contributed by atoms with Gasteiger partial charge in [0.2, 0.25) is 0 Å². The van der Waals surface area contributed by atoms with E-state index in [1.165, 1.54) is 9.75 Å². The maximum absolute atomic E-state index is 12.1. The van der Waals surface area contributed by atoms with Gasteiger partial charge in [-0.2, -0.15) is 5.10 Å². The van der Waals surface area contributed by atoms with Gasteiger partial charge >= 0.3 is 0 Å². The normalized spacial score (nSPS) is 10.7. The fourth-order valence-corrected chi connectivity index (χ4v) is 3.70. The zero-order valence-electron chi connectivity index (χ0n) is 12.6. The summed E-state index contributed by atoms with van der Waals surface area (Å²) in [5.74, 6) is -0.0542. The monoisotopic (exact) mass is 389 g/mol. The Morgan fingerprint density at radius 2 is 2.13 bits per heavy atom.